The van der Waals surface area contributed by atoms with Crippen LogP contribution in [0.3, 0.4) is 0 Å². The second kappa shape index (κ2) is 11.0. The Bertz CT molecular complexity index is 604. The third-order valence-corrected chi connectivity index (χ3v) is 5.05. The molecule has 1 heterocycles. The van der Waals surface area contributed by atoms with Crippen LogP contribution >= 0.6 is 0 Å². The van der Waals surface area contributed by atoms with Crippen molar-refractivity contribution in [1.82, 2.24) is 15.5 Å². The molecule has 0 amide bonds. The minimum atomic E-state index is 0.596. The Labute approximate surface area is 164 Å². The highest BCUT2D eigenvalue weighted by Crippen LogP contribution is 2.27. The lowest BCUT2D eigenvalue weighted by atomic mass is 9.97. The molecule has 1 saturated heterocycles. The van der Waals surface area contributed by atoms with Crippen LogP contribution in [0, 0.1) is 5.92 Å². The summed E-state index contributed by atoms with van der Waals surface area (Å²) >= 11 is 0. The molecule has 2 rings (SSSR count). The van der Waals surface area contributed by atoms with Crippen LogP contribution in [0.25, 0.3) is 0 Å². The highest BCUT2D eigenvalue weighted by molar-refractivity contribution is 5.79. The van der Waals surface area contributed by atoms with Gasteiger partial charge in [-0.05, 0) is 63.8 Å². The summed E-state index contributed by atoms with van der Waals surface area (Å²) in [6.07, 6.45) is 2.56. The van der Waals surface area contributed by atoms with E-state index in [1.54, 1.807) is 14.2 Å². The standard InChI is InChI=1S/C21H36N4O2/c1-6-22-21(24-14-18-8-7-11-25(15-18)16(2)3)23-13-17-9-10-19(26-4)20(12-17)27-5/h9-10,12,16,18H,6-8,11,13-15H2,1-5H3,(H2,22,23,24). The maximum atomic E-state index is 5.38. The van der Waals surface area contributed by atoms with Crippen LogP contribution in [0.15, 0.2) is 23.2 Å². The molecule has 1 aromatic carbocycles. The monoisotopic (exact) mass is 376 g/mol. The summed E-state index contributed by atoms with van der Waals surface area (Å²) in [5.74, 6) is 3.02. The van der Waals surface area contributed by atoms with Gasteiger partial charge in [-0.25, -0.2) is 4.99 Å². The maximum Gasteiger partial charge on any atom is 0.191 e. The normalized spacial score (nSPS) is 18.4. The van der Waals surface area contributed by atoms with E-state index in [-0.39, 0.29) is 0 Å². The van der Waals surface area contributed by atoms with Crippen LogP contribution < -0.4 is 20.1 Å². The molecule has 0 bridgehead atoms. The summed E-state index contributed by atoms with van der Waals surface area (Å²) in [6.45, 7) is 11.4. The van der Waals surface area contributed by atoms with Crippen LogP contribution in [-0.2, 0) is 6.54 Å². The highest BCUT2D eigenvalue weighted by atomic mass is 16.5. The lowest BCUT2D eigenvalue weighted by Crippen LogP contribution is -2.46. The molecule has 1 fully saturated rings. The van der Waals surface area contributed by atoms with E-state index < -0.39 is 0 Å². The van der Waals surface area contributed by atoms with Crippen molar-refractivity contribution < 1.29 is 9.47 Å². The van der Waals surface area contributed by atoms with Crippen molar-refractivity contribution >= 4 is 5.96 Å². The first-order valence-electron chi connectivity index (χ1n) is 10.0. The fourth-order valence-electron chi connectivity index (χ4n) is 3.46. The number of benzene rings is 1. The average molecular weight is 377 g/mol. The van der Waals surface area contributed by atoms with Gasteiger partial charge in [0.2, 0.25) is 0 Å². The third-order valence-electron chi connectivity index (χ3n) is 5.05. The van der Waals surface area contributed by atoms with Crippen molar-refractivity contribution in [3.8, 4) is 11.5 Å². The summed E-state index contributed by atoms with van der Waals surface area (Å²) in [5, 5.41) is 6.87. The fraction of sp³-hybridized carbons (Fsp3) is 0.667. The Morgan fingerprint density at radius 1 is 1.22 bits per heavy atom. The van der Waals surface area contributed by atoms with Gasteiger partial charge in [-0.1, -0.05) is 6.07 Å². The SMILES string of the molecule is CCNC(=NCc1ccc(OC)c(OC)c1)NCC1CCCN(C(C)C)C1. The molecular weight excluding hydrogens is 340 g/mol. The van der Waals surface area contributed by atoms with Crippen LogP contribution in [0.2, 0.25) is 0 Å². The summed E-state index contributed by atoms with van der Waals surface area (Å²) in [7, 11) is 3.30. The Kier molecular flexibility index (Phi) is 8.72. The van der Waals surface area contributed by atoms with Crippen LogP contribution in [0.1, 0.15) is 39.2 Å². The summed E-state index contributed by atoms with van der Waals surface area (Å²) in [6, 6.07) is 6.55. The third kappa shape index (κ3) is 6.61. The van der Waals surface area contributed by atoms with E-state index >= 15 is 0 Å². The lowest BCUT2D eigenvalue weighted by Gasteiger charge is -2.35. The quantitative estimate of drug-likeness (QED) is 0.540. The second-order valence-corrected chi connectivity index (χ2v) is 7.36. The minimum Gasteiger partial charge on any atom is -0.493 e. The molecule has 1 atom stereocenters. The number of guanidine groups is 1. The molecule has 2 N–H and O–H groups in total. The zero-order valence-electron chi connectivity index (χ0n) is 17.5. The first-order valence-corrected chi connectivity index (χ1v) is 10.0. The molecule has 1 unspecified atom stereocenters. The van der Waals surface area contributed by atoms with Crippen molar-refractivity contribution in [1.29, 1.82) is 0 Å². The highest BCUT2D eigenvalue weighted by Gasteiger charge is 2.21. The molecular formula is C21H36N4O2. The Hall–Kier alpha value is -1.95. The number of hydrogen-bond donors (Lipinski definition) is 2. The number of nitrogens with zero attached hydrogens (tertiary/aromatic N) is 2. The number of rotatable bonds is 8. The number of hydrogen-bond acceptors (Lipinski definition) is 4. The van der Waals surface area contributed by atoms with Crippen molar-refractivity contribution in [2.75, 3.05) is 40.4 Å². The number of ether oxygens (including phenoxy) is 2. The predicted octanol–water partition coefficient (Wildman–Crippen LogP) is 2.88. The van der Waals surface area contributed by atoms with E-state index in [0.29, 0.717) is 18.5 Å². The fourth-order valence-corrected chi connectivity index (χ4v) is 3.46. The van der Waals surface area contributed by atoms with Crippen LogP contribution in [0.5, 0.6) is 11.5 Å². The molecule has 1 aliphatic heterocycles. The van der Waals surface area contributed by atoms with Crippen LogP contribution in [-0.4, -0.2) is 57.3 Å². The predicted molar refractivity (Wildman–Crippen MR) is 112 cm³/mol. The zero-order valence-corrected chi connectivity index (χ0v) is 17.5. The van der Waals surface area contributed by atoms with Crippen molar-refractivity contribution in [3.63, 3.8) is 0 Å². The molecule has 1 aromatic rings. The topological polar surface area (TPSA) is 58.1 Å². The lowest BCUT2D eigenvalue weighted by molar-refractivity contribution is 0.141. The van der Waals surface area contributed by atoms with Gasteiger partial charge in [0.25, 0.3) is 0 Å². The van der Waals surface area contributed by atoms with Crippen molar-refractivity contribution in [2.24, 2.45) is 10.9 Å². The largest absolute Gasteiger partial charge is 0.493 e. The van der Waals surface area contributed by atoms with E-state index in [1.165, 1.54) is 25.9 Å². The second-order valence-electron chi connectivity index (χ2n) is 7.36. The smallest absolute Gasteiger partial charge is 0.191 e. The van der Waals surface area contributed by atoms with Gasteiger partial charge in [0, 0.05) is 25.7 Å². The molecule has 0 spiro atoms. The van der Waals surface area contributed by atoms with E-state index in [4.69, 9.17) is 14.5 Å². The van der Waals surface area contributed by atoms with Gasteiger partial charge in [-0.15, -0.1) is 0 Å². The molecule has 6 heteroatoms. The molecule has 0 saturated carbocycles. The number of piperidine rings is 1. The Morgan fingerprint density at radius 2 is 2.00 bits per heavy atom. The Balaban J connectivity index is 1.94. The van der Waals surface area contributed by atoms with Gasteiger partial charge in [-0.3, -0.25) is 0 Å². The first kappa shape index (κ1) is 21.4. The van der Waals surface area contributed by atoms with Crippen LogP contribution in [0.4, 0.5) is 0 Å². The molecule has 1 aliphatic rings. The molecule has 0 radical (unpaired) electrons. The first-order chi connectivity index (χ1) is 13.1. The molecule has 152 valence electrons. The van der Waals surface area contributed by atoms with Gasteiger partial charge in [0.05, 0.1) is 20.8 Å². The van der Waals surface area contributed by atoms with E-state index in [9.17, 15) is 0 Å². The summed E-state index contributed by atoms with van der Waals surface area (Å²) in [5.41, 5.74) is 1.09. The average Bonchev–Trinajstić information content (AvgIpc) is 2.70. The van der Waals surface area contributed by atoms with Gasteiger partial charge in [0.1, 0.15) is 0 Å². The van der Waals surface area contributed by atoms with Gasteiger partial charge >= 0.3 is 0 Å². The van der Waals surface area contributed by atoms with Gasteiger partial charge in [-0.2, -0.15) is 0 Å². The number of aliphatic imine (C=N–C) groups is 1. The zero-order chi connectivity index (χ0) is 19.6. The molecule has 0 aliphatic carbocycles. The number of methoxy groups -OCH3 is 2. The number of likely N-dealkylation sites (tertiary alicyclic amines) is 1. The maximum absolute atomic E-state index is 5.38. The Morgan fingerprint density at radius 3 is 2.67 bits per heavy atom. The van der Waals surface area contributed by atoms with E-state index in [0.717, 1.165) is 36.1 Å². The van der Waals surface area contributed by atoms with Crippen molar-refractivity contribution in [2.45, 2.75) is 46.2 Å². The minimum absolute atomic E-state index is 0.596. The van der Waals surface area contributed by atoms with Gasteiger partial charge in [0.15, 0.2) is 17.5 Å². The summed E-state index contributed by atoms with van der Waals surface area (Å²) in [4.78, 5) is 7.31. The number of nitrogens with one attached hydrogen (secondary N) is 2. The van der Waals surface area contributed by atoms with E-state index in [2.05, 4.69) is 36.3 Å². The molecule has 6 nitrogen and oxygen atoms in total. The van der Waals surface area contributed by atoms with E-state index in [1.807, 2.05) is 18.2 Å². The summed E-state index contributed by atoms with van der Waals surface area (Å²) < 4.78 is 10.7. The molecule has 0 aromatic heterocycles. The molecule has 27 heavy (non-hydrogen) atoms. The van der Waals surface area contributed by atoms with Gasteiger partial charge < -0.3 is 25.0 Å². The van der Waals surface area contributed by atoms with Crippen molar-refractivity contribution in [3.05, 3.63) is 23.8 Å².